The number of benzene rings is 1. The fourth-order valence-electron chi connectivity index (χ4n) is 3.73. The van der Waals surface area contributed by atoms with Crippen LogP contribution in [0.3, 0.4) is 0 Å². The van der Waals surface area contributed by atoms with E-state index < -0.39 is 18.7 Å². The Hall–Kier alpha value is -2.07. The summed E-state index contributed by atoms with van der Waals surface area (Å²) in [6, 6.07) is 6.57. The second-order valence-electron chi connectivity index (χ2n) is 10.6. The lowest BCUT2D eigenvalue weighted by atomic mass is 9.71. The van der Waals surface area contributed by atoms with Gasteiger partial charge >= 0.3 is 0 Å². The molecule has 2 amide bonds. The van der Waals surface area contributed by atoms with Crippen molar-refractivity contribution < 1.29 is 42.8 Å². The van der Waals surface area contributed by atoms with Crippen molar-refractivity contribution in [3.05, 3.63) is 29.8 Å². The third-order valence-corrected chi connectivity index (χ3v) is 9.19. The van der Waals surface area contributed by atoms with E-state index in [1.54, 1.807) is 35.1 Å². The van der Waals surface area contributed by atoms with E-state index in [1.807, 2.05) is 0 Å². The van der Waals surface area contributed by atoms with Crippen molar-refractivity contribution in [2.75, 3.05) is 52.7 Å². The molecule has 1 aliphatic heterocycles. The minimum Gasteiger partial charge on any atom is -0.490 e. The molecular formula is C28H44BFN4O8S2. The highest BCUT2D eigenvalue weighted by Crippen LogP contribution is 2.38. The summed E-state index contributed by atoms with van der Waals surface area (Å²) in [6.07, 6.45) is -0.923. The molecule has 1 fully saturated rings. The van der Waals surface area contributed by atoms with Crippen LogP contribution in [0.1, 0.15) is 37.6 Å². The zero-order valence-electron chi connectivity index (χ0n) is 25.4. The first-order valence-corrected chi connectivity index (χ1v) is 16.5. The van der Waals surface area contributed by atoms with Gasteiger partial charge in [-0.05, 0) is 24.6 Å². The Kier molecular flexibility index (Phi) is 18.1. The van der Waals surface area contributed by atoms with Crippen molar-refractivity contribution in [1.29, 1.82) is 0 Å². The molecule has 1 aromatic rings. The van der Waals surface area contributed by atoms with Gasteiger partial charge in [-0.3, -0.25) is 15.3 Å². The number of amides is 2. The molecule has 0 aromatic heterocycles. The van der Waals surface area contributed by atoms with Gasteiger partial charge in [-0.2, -0.15) is 10.2 Å². The molecule has 7 N–H and O–H groups in total. The van der Waals surface area contributed by atoms with Crippen molar-refractivity contribution in [3.8, 4) is 17.5 Å². The lowest BCUT2D eigenvalue weighted by molar-refractivity contribution is -0.126. The van der Waals surface area contributed by atoms with E-state index in [9.17, 15) is 19.1 Å². The molecule has 12 nitrogen and oxygen atoms in total. The van der Waals surface area contributed by atoms with Gasteiger partial charge in [0.2, 0.25) is 13.2 Å². The van der Waals surface area contributed by atoms with E-state index in [0.717, 1.165) is 0 Å². The molecule has 1 heterocycles. The molecule has 0 bridgehead atoms. The summed E-state index contributed by atoms with van der Waals surface area (Å²) in [5.74, 6) is 5.73. The van der Waals surface area contributed by atoms with Crippen molar-refractivity contribution in [1.82, 2.24) is 10.6 Å². The van der Waals surface area contributed by atoms with Gasteiger partial charge in [0.05, 0.1) is 32.5 Å². The Morgan fingerprint density at radius 2 is 2.09 bits per heavy atom. The summed E-state index contributed by atoms with van der Waals surface area (Å²) >= 11 is 0. The third kappa shape index (κ3) is 16.3. The largest absolute Gasteiger partial charge is 0.490 e. The van der Waals surface area contributed by atoms with Gasteiger partial charge in [-0.15, -0.1) is 0 Å². The van der Waals surface area contributed by atoms with Crippen molar-refractivity contribution in [2.45, 2.75) is 62.1 Å². The van der Waals surface area contributed by atoms with Gasteiger partial charge in [0, 0.05) is 29.4 Å². The first kappa shape index (κ1) is 38.1. The number of hydrogen-bond donors (Lipinski definition) is 5. The van der Waals surface area contributed by atoms with E-state index in [-0.39, 0.29) is 67.6 Å². The number of aliphatic hydroxyl groups excluding tert-OH is 1. The van der Waals surface area contributed by atoms with Crippen LogP contribution >= 0.6 is 21.6 Å². The molecule has 2 unspecified atom stereocenters. The first-order valence-electron chi connectivity index (χ1n) is 14.3. The van der Waals surface area contributed by atoms with Crippen LogP contribution in [0, 0.1) is 11.7 Å². The molecule has 0 saturated carbocycles. The predicted molar refractivity (Wildman–Crippen MR) is 171 cm³/mol. The van der Waals surface area contributed by atoms with Crippen LogP contribution in [0.25, 0.3) is 0 Å². The monoisotopic (exact) mass is 658 g/mol. The van der Waals surface area contributed by atoms with Gasteiger partial charge < -0.3 is 45.2 Å². The fraction of sp³-hybridized carbons (Fsp3) is 0.643. The number of aliphatic hydroxyl groups is 1. The first-order chi connectivity index (χ1) is 21.0. The van der Waals surface area contributed by atoms with Crippen LogP contribution in [0.5, 0.6) is 5.75 Å². The molecule has 2 rings (SSSR count). The maximum Gasteiger partial charge on any atom is 0.253 e. The predicted octanol–water partition coefficient (Wildman–Crippen LogP) is 0.511. The molecule has 5 atom stereocenters. The normalized spacial score (nSPS) is 19.4. The van der Waals surface area contributed by atoms with Crippen LogP contribution in [0.2, 0.25) is 0 Å². The summed E-state index contributed by atoms with van der Waals surface area (Å²) in [5.41, 5.74) is 10.6. The second-order valence-corrected chi connectivity index (χ2v) is 13.8. The molecule has 246 valence electrons. The molecule has 0 radical (unpaired) electrons. The minimum absolute atomic E-state index is 0.00293. The lowest BCUT2D eigenvalue weighted by Crippen LogP contribution is -2.33. The number of ether oxygens (including phenoxy) is 5. The van der Waals surface area contributed by atoms with Gasteiger partial charge in [0.15, 0.2) is 0 Å². The van der Waals surface area contributed by atoms with Crippen molar-refractivity contribution in [3.63, 3.8) is 0 Å². The van der Waals surface area contributed by atoms with Crippen LogP contribution in [-0.2, 0) is 23.7 Å². The average Bonchev–Trinajstić information content (AvgIpc) is 3.36. The van der Waals surface area contributed by atoms with Crippen LogP contribution in [0.15, 0.2) is 24.3 Å². The number of nitrogens with two attached hydrogens (primary N) is 2. The zero-order valence-corrected chi connectivity index (χ0v) is 27.1. The fourth-order valence-corrected chi connectivity index (χ4v) is 5.92. The SMILES string of the molecule is CC(C)(C)SSC(COc1cccc(C(=O)NCCN)c1)OCCOCC(=O)NCC#CB[C@H]1C[C@@H](O[C@H](N)F)C(CO)O1. The number of rotatable bonds is 19. The topological polar surface area (TPSA) is 177 Å². The standard InChI is InChI=1S/C28H44BFN4O8S2/c1-28(2,3)44-43-25(18-40-20-7-4-6-19(14-20)26(37)34-11-9-31)39-13-12-38-17-24(36)33-10-5-8-29-23-15-21(42-27(30)32)22(16-35)41-23/h4,6-7,14,21-23,25,27,29,35H,9-13,15-18,31-32H2,1-3H3,(H,33,36)(H,34,37)/t21-,22?,23-,25?,27+/m1/s1. The lowest BCUT2D eigenvalue weighted by Gasteiger charge is -2.22. The van der Waals surface area contributed by atoms with E-state index in [1.165, 1.54) is 10.8 Å². The second kappa shape index (κ2) is 20.9. The molecule has 16 heteroatoms. The molecular weight excluding hydrogens is 614 g/mol. The molecule has 1 aliphatic rings. The van der Waals surface area contributed by atoms with Crippen LogP contribution in [-0.4, -0.2) is 112 Å². The number of hydrogen-bond acceptors (Lipinski definition) is 12. The smallest absolute Gasteiger partial charge is 0.253 e. The Bertz CT molecular complexity index is 1080. The van der Waals surface area contributed by atoms with E-state index in [0.29, 0.717) is 38.1 Å². The summed E-state index contributed by atoms with van der Waals surface area (Å²) in [7, 11) is 3.54. The quantitative estimate of drug-likeness (QED) is 0.0348. The summed E-state index contributed by atoms with van der Waals surface area (Å²) in [6.45, 7) is 5.45. The summed E-state index contributed by atoms with van der Waals surface area (Å²) < 4.78 is 40.8. The van der Waals surface area contributed by atoms with Crippen LogP contribution in [0.4, 0.5) is 4.39 Å². The molecule has 1 aromatic carbocycles. The Labute approximate surface area is 267 Å². The average molecular weight is 659 g/mol. The maximum absolute atomic E-state index is 12.9. The molecule has 0 aliphatic carbocycles. The molecule has 44 heavy (non-hydrogen) atoms. The molecule has 1 saturated heterocycles. The van der Waals surface area contributed by atoms with E-state index in [4.69, 9.17) is 35.2 Å². The third-order valence-electron chi connectivity index (χ3n) is 5.67. The molecule has 0 spiro atoms. The number of halogens is 1. The van der Waals surface area contributed by atoms with E-state index >= 15 is 0 Å². The zero-order chi connectivity index (χ0) is 32.4. The van der Waals surface area contributed by atoms with Gasteiger partial charge in [-0.1, -0.05) is 54.3 Å². The number of alkyl halides is 1. The highest BCUT2D eigenvalue weighted by atomic mass is 33.1. The maximum atomic E-state index is 12.9. The summed E-state index contributed by atoms with van der Waals surface area (Å²) in [5, 5.41) is 14.7. The summed E-state index contributed by atoms with van der Waals surface area (Å²) in [4.78, 5) is 24.3. The van der Waals surface area contributed by atoms with Gasteiger partial charge in [-0.25, -0.2) is 0 Å². The Balaban J connectivity index is 1.68. The Morgan fingerprint density at radius 1 is 1.30 bits per heavy atom. The van der Waals surface area contributed by atoms with Gasteiger partial charge in [0.1, 0.15) is 30.5 Å². The van der Waals surface area contributed by atoms with Crippen molar-refractivity contribution in [2.24, 2.45) is 11.5 Å². The number of carbonyl (C=O) groups excluding carboxylic acids is 2. The van der Waals surface area contributed by atoms with Crippen molar-refractivity contribution >= 4 is 40.7 Å². The van der Waals surface area contributed by atoms with Gasteiger partial charge in [0.25, 0.3) is 12.4 Å². The number of nitrogens with one attached hydrogen (secondary N) is 2. The highest BCUT2D eigenvalue weighted by molar-refractivity contribution is 8.77. The Morgan fingerprint density at radius 3 is 2.80 bits per heavy atom. The van der Waals surface area contributed by atoms with Crippen LogP contribution < -0.4 is 26.8 Å². The minimum atomic E-state index is -1.94. The highest BCUT2D eigenvalue weighted by Gasteiger charge is 2.36. The van der Waals surface area contributed by atoms with E-state index in [2.05, 4.69) is 43.1 Å². The number of carbonyl (C=O) groups is 2.